The Hall–Kier alpha value is -2.50. The van der Waals surface area contributed by atoms with Crippen LogP contribution in [0.5, 0.6) is 0 Å². The van der Waals surface area contributed by atoms with Gasteiger partial charge in [0, 0.05) is 53.5 Å². The number of rotatable bonds is 5. The van der Waals surface area contributed by atoms with E-state index in [0.717, 1.165) is 0 Å². The van der Waals surface area contributed by atoms with Gasteiger partial charge in [-0.3, -0.25) is 14.6 Å². The fraction of sp³-hybridized carbons (Fsp3) is 0.250. The first-order valence-corrected chi connectivity index (χ1v) is 11.7. The van der Waals surface area contributed by atoms with Crippen molar-refractivity contribution in [2.45, 2.75) is 13.3 Å². The molecule has 1 aromatic carbocycles. The number of hydrogen-bond donors (Lipinski definition) is 1. The molecule has 0 radical (unpaired) electrons. The summed E-state index contributed by atoms with van der Waals surface area (Å²) in [5.74, 6) is 5.53. The summed E-state index contributed by atoms with van der Waals surface area (Å²) in [6.45, 7) is 1.44. The number of aromatic nitrogens is 1. The molecule has 2 amide bonds. The maximum atomic E-state index is 12.3. The lowest BCUT2D eigenvalue weighted by molar-refractivity contribution is -0.114. The first-order chi connectivity index (χ1) is 13.3. The Morgan fingerprint density at radius 3 is 2.68 bits per heavy atom. The minimum Gasteiger partial charge on any atom is -0.326 e. The summed E-state index contributed by atoms with van der Waals surface area (Å²) in [7, 11) is -2.58. The summed E-state index contributed by atoms with van der Waals surface area (Å²) < 4.78 is 16.2. The summed E-state index contributed by atoms with van der Waals surface area (Å²) in [5.41, 5.74) is 2.14. The number of carbonyl (C=O) groups is 2. The summed E-state index contributed by atoms with van der Waals surface area (Å²) in [4.78, 5) is 27.5. The van der Waals surface area contributed by atoms with Crippen LogP contribution in [0.4, 0.5) is 5.69 Å². The zero-order chi connectivity index (χ0) is 20.6. The van der Waals surface area contributed by atoms with Crippen LogP contribution in [0.3, 0.4) is 0 Å². The predicted octanol–water partition coefficient (Wildman–Crippen LogP) is 3.46. The van der Waals surface area contributed by atoms with Crippen LogP contribution in [0.1, 0.15) is 34.8 Å². The van der Waals surface area contributed by atoms with Gasteiger partial charge < -0.3 is 5.32 Å². The zero-order valence-electron chi connectivity index (χ0n) is 15.6. The lowest BCUT2D eigenvalue weighted by Gasteiger charge is -2.02. The number of anilines is 1. The van der Waals surface area contributed by atoms with E-state index in [1.165, 1.54) is 25.6 Å². The van der Waals surface area contributed by atoms with Crippen LogP contribution in [0.25, 0.3) is 0 Å². The standard InChI is InChI=1S/C20H20BrN3O3S/c1-15(25)23-19-6-3-5-16(12-19)7-8-17-11-18(14-22-13-17)20(26)24-28(2,27)10-4-9-21/h3,5-6,11-14H,4,9-10H2,1-2H3,(H,23,25). The maximum Gasteiger partial charge on any atom is 0.286 e. The van der Waals surface area contributed by atoms with Crippen molar-refractivity contribution in [3.8, 4) is 11.8 Å². The van der Waals surface area contributed by atoms with Gasteiger partial charge in [0.15, 0.2) is 0 Å². The largest absolute Gasteiger partial charge is 0.326 e. The highest BCUT2D eigenvalue weighted by Crippen LogP contribution is 2.11. The zero-order valence-corrected chi connectivity index (χ0v) is 18.0. The number of benzene rings is 1. The SMILES string of the molecule is CC(=O)Nc1cccc(C#Cc2cncc(C(=O)N=S(C)(=O)CCCBr)c2)c1. The second-order valence-corrected chi connectivity index (χ2v) is 9.38. The van der Waals surface area contributed by atoms with Crippen molar-refractivity contribution in [3.63, 3.8) is 0 Å². The topological polar surface area (TPSA) is 88.5 Å². The molecule has 0 saturated heterocycles. The van der Waals surface area contributed by atoms with Crippen LogP contribution in [0.15, 0.2) is 47.1 Å². The van der Waals surface area contributed by atoms with E-state index in [1.54, 1.807) is 24.3 Å². The monoisotopic (exact) mass is 461 g/mol. The van der Waals surface area contributed by atoms with Crippen LogP contribution in [-0.2, 0) is 14.5 Å². The molecule has 6 nitrogen and oxygen atoms in total. The molecule has 2 aromatic rings. The van der Waals surface area contributed by atoms with Crippen molar-refractivity contribution in [1.29, 1.82) is 0 Å². The molecule has 0 aliphatic carbocycles. The van der Waals surface area contributed by atoms with Gasteiger partial charge in [-0.1, -0.05) is 33.8 Å². The van der Waals surface area contributed by atoms with Crippen molar-refractivity contribution in [2.24, 2.45) is 4.36 Å². The number of alkyl halides is 1. The average Bonchev–Trinajstić information content (AvgIpc) is 2.64. The molecule has 1 unspecified atom stereocenters. The smallest absolute Gasteiger partial charge is 0.286 e. The molecule has 28 heavy (non-hydrogen) atoms. The van der Waals surface area contributed by atoms with E-state index in [2.05, 4.69) is 42.4 Å². The number of halogens is 1. The molecule has 8 heteroatoms. The summed E-state index contributed by atoms with van der Waals surface area (Å²) in [6.07, 6.45) is 5.07. The van der Waals surface area contributed by atoms with Gasteiger partial charge in [0.25, 0.3) is 5.91 Å². The number of hydrogen-bond acceptors (Lipinski definition) is 4. The van der Waals surface area contributed by atoms with Gasteiger partial charge in [0.1, 0.15) is 0 Å². The molecule has 0 saturated carbocycles. The van der Waals surface area contributed by atoms with Crippen LogP contribution >= 0.6 is 15.9 Å². The van der Waals surface area contributed by atoms with Crippen molar-refractivity contribution >= 4 is 43.2 Å². The van der Waals surface area contributed by atoms with E-state index >= 15 is 0 Å². The van der Waals surface area contributed by atoms with Gasteiger partial charge in [-0.15, -0.1) is 0 Å². The van der Waals surface area contributed by atoms with Gasteiger partial charge in [0.05, 0.1) is 15.3 Å². The summed E-state index contributed by atoms with van der Waals surface area (Å²) in [6, 6.07) is 8.70. The maximum absolute atomic E-state index is 12.3. The normalized spacial score (nSPS) is 12.2. The van der Waals surface area contributed by atoms with Crippen LogP contribution in [0, 0.1) is 11.8 Å². The van der Waals surface area contributed by atoms with E-state index < -0.39 is 15.6 Å². The molecule has 1 N–H and O–H groups in total. The van der Waals surface area contributed by atoms with E-state index in [9.17, 15) is 13.8 Å². The first-order valence-electron chi connectivity index (χ1n) is 8.44. The van der Waals surface area contributed by atoms with Crippen LogP contribution in [0.2, 0.25) is 0 Å². The van der Waals surface area contributed by atoms with E-state index in [4.69, 9.17) is 0 Å². The molecular weight excluding hydrogens is 442 g/mol. The summed E-state index contributed by atoms with van der Waals surface area (Å²) in [5, 5.41) is 3.40. The Kier molecular flexibility index (Phi) is 7.91. The Bertz CT molecular complexity index is 1060. The van der Waals surface area contributed by atoms with Crippen LogP contribution in [-0.4, -0.2) is 38.3 Å². The van der Waals surface area contributed by atoms with Crippen molar-refractivity contribution in [3.05, 3.63) is 59.4 Å². The number of carbonyl (C=O) groups excluding carboxylic acids is 2. The third kappa shape index (κ3) is 7.25. The first kappa shape index (κ1) is 21.8. The lowest BCUT2D eigenvalue weighted by atomic mass is 10.1. The van der Waals surface area contributed by atoms with Gasteiger partial charge in [-0.05, 0) is 30.7 Å². The van der Waals surface area contributed by atoms with Crippen molar-refractivity contribution in [1.82, 2.24) is 4.98 Å². The van der Waals surface area contributed by atoms with Crippen molar-refractivity contribution < 1.29 is 13.8 Å². The molecular formula is C20H20BrN3O3S. The molecule has 0 aliphatic rings. The second kappa shape index (κ2) is 10.2. The lowest BCUT2D eigenvalue weighted by Crippen LogP contribution is -2.08. The van der Waals surface area contributed by atoms with Gasteiger partial charge in [0.2, 0.25) is 5.91 Å². The highest BCUT2D eigenvalue weighted by molar-refractivity contribution is 9.09. The molecule has 1 heterocycles. The fourth-order valence-electron chi connectivity index (χ4n) is 2.24. The van der Waals surface area contributed by atoms with Crippen molar-refractivity contribution in [2.75, 3.05) is 22.7 Å². The Balaban J connectivity index is 2.22. The average molecular weight is 462 g/mol. The van der Waals surface area contributed by atoms with E-state index in [0.29, 0.717) is 34.3 Å². The number of nitrogens with one attached hydrogen (secondary N) is 1. The van der Waals surface area contributed by atoms with E-state index in [1.807, 2.05) is 6.07 Å². The second-order valence-electron chi connectivity index (χ2n) is 6.08. The third-order valence-electron chi connectivity index (χ3n) is 3.45. The highest BCUT2D eigenvalue weighted by Gasteiger charge is 2.10. The molecule has 146 valence electrons. The fourth-order valence-corrected chi connectivity index (χ4v) is 4.12. The van der Waals surface area contributed by atoms with E-state index in [-0.39, 0.29) is 11.5 Å². The molecule has 0 bridgehead atoms. The quantitative estimate of drug-likeness (QED) is 0.545. The summed E-state index contributed by atoms with van der Waals surface area (Å²) >= 11 is 3.28. The molecule has 0 spiro atoms. The highest BCUT2D eigenvalue weighted by atomic mass is 79.9. The van der Waals surface area contributed by atoms with Gasteiger partial charge in [-0.25, -0.2) is 4.21 Å². The Morgan fingerprint density at radius 2 is 1.96 bits per heavy atom. The molecule has 0 aliphatic heterocycles. The molecule has 1 atom stereocenters. The van der Waals surface area contributed by atoms with Gasteiger partial charge >= 0.3 is 0 Å². The minimum atomic E-state index is -2.58. The number of nitrogens with zero attached hydrogens (tertiary/aromatic N) is 2. The van der Waals surface area contributed by atoms with Gasteiger partial charge in [-0.2, -0.15) is 4.36 Å². The minimum absolute atomic E-state index is 0.159. The Labute approximate surface area is 173 Å². The third-order valence-corrected chi connectivity index (χ3v) is 5.61. The molecule has 0 fully saturated rings. The Morgan fingerprint density at radius 1 is 1.21 bits per heavy atom. The number of amides is 2. The molecule has 2 rings (SSSR count). The molecule has 1 aromatic heterocycles. The predicted molar refractivity (Wildman–Crippen MR) is 115 cm³/mol. The van der Waals surface area contributed by atoms with Crippen LogP contribution < -0.4 is 5.32 Å². The number of pyridine rings is 1.